The SMILES string of the molecule is CC(O)[CH]NCCCN. The van der Waals surface area contributed by atoms with Crippen molar-refractivity contribution in [3.63, 3.8) is 0 Å². The highest BCUT2D eigenvalue weighted by atomic mass is 16.3. The Morgan fingerprint density at radius 1 is 1.78 bits per heavy atom. The predicted molar refractivity (Wildman–Crippen MR) is 37.7 cm³/mol. The minimum absolute atomic E-state index is 0.372. The Labute approximate surface area is 56.2 Å². The van der Waals surface area contributed by atoms with Crippen molar-refractivity contribution in [1.29, 1.82) is 0 Å². The molecule has 0 spiro atoms. The van der Waals surface area contributed by atoms with Crippen LogP contribution in [0.5, 0.6) is 0 Å². The smallest absolute Gasteiger partial charge is 0.0681 e. The molecule has 0 aromatic rings. The lowest BCUT2D eigenvalue weighted by atomic mass is 10.4. The van der Waals surface area contributed by atoms with Crippen LogP contribution in [-0.4, -0.2) is 24.3 Å². The minimum atomic E-state index is -0.372. The van der Waals surface area contributed by atoms with Gasteiger partial charge in [0.15, 0.2) is 0 Å². The Kier molecular flexibility index (Phi) is 5.93. The van der Waals surface area contributed by atoms with Gasteiger partial charge in [-0.05, 0) is 26.4 Å². The highest BCUT2D eigenvalue weighted by Crippen LogP contribution is 1.81. The molecule has 0 aliphatic heterocycles. The van der Waals surface area contributed by atoms with E-state index in [1.165, 1.54) is 0 Å². The lowest BCUT2D eigenvalue weighted by molar-refractivity contribution is 0.218. The van der Waals surface area contributed by atoms with Crippen LogP contribution in [-0.2, 0) is 0 Å². The molecule has 1 radical (unpaired) electrons. The van der Waals surface area contributed by atoms with E-state index in [0.717, 1.165) is 13.0 Å². The fourth-order valence-corrected chi connectivity index (χ4v) is 0.458. The van der Waals surface area contributed by atoms with Gasteiger partial charge < -0.3 is 16.2 Å². The van der Waals surface area contributed by atoms with Crippen molar-refractivity contribution < 1.29 is 5.11 Å². The molecule has 9 heavy (non-hydrogen) atoms. The van der Waals surface area contributed by atoms with Crippen LogP contribution in [0, 0.1) is 6.54 Å². The summed E-state index contributed by atoms with van der Waals surface area (Å²) in [5.41, 5.74) is 5.23. The molecule has 0 aromatic heterocycles. The second-order valence-corrected chi connectivity index (χ2v) is 2.00. The van der Waals surface area contributed by atoms with Crippen molar-refractivity contribution >= 4 is 0 Å². The van der Waals surface area contributed by atoms with Gasteiger partial charge in [-0.15, -0.1) is 0 Å². The van der Waals surface area contributed by atoms with Gasteiger partial charge in [-0.2, -0.15) is 0 Å². The zero-order chi connectivity index (χ0) is 7.11. The normalized spacial score (nSPS) is 13.7. The summed E-state index contributed by atoms with van der Waals surface area (Å²) >= 11 is 0. The van der Waals surface area contributed by atoms with Crippen molar-refractivity contribution in [2.75, 3.05) is 13.1 Å². The van der Waals surface area contributed by atoms with Crippen LogP contribution in [0.1, 0.15) is 13.3 Å². The van der Waals surface area contributed by atoms with Gasteiger partial charge in [-0.1, -0.05) is 0 Å². The molecule has 0 rings (SSSR count). The average Bonchev–Trinajstić information content (AvgIpc) is 1.80. The minimum Gasteiger partial charge on any atom is -0.392 e. The molecule has 1 atom stereocenters. The van der Waals surface area contributed by atoms with Crippen LogP contribution in [0.2, 0.25) is 0 Å². The molecule has 0 amide bonds. The highest BCUT2D eigenvalue weighted by Gasteiger charge is 1.92. The van der Waals surface area contributed by atoms with E-state index in [1.54, 1.807) is 13.5 Å². The number of nitrogens with two attached hydrogens (primary N) is 1. The molecule has 4 N–H and O–H groups in total. The molecule has 0 saturated heterocycles. The molecule has 0 heterocycles. The van der Waals surface area contributed by atoms with Crippen molar-refractivity contribution in [2.24, 2.45) is 5.73 Å². The summed E-state index contributed by atoms with van der Waals surface area (Å²) in [6.45, 7) is 4.90. The molecule has 0 aliphatic carbocycles. The molecular formula is C6H15N2O. The fraction of sp³-hybridized carbons (Fsp3) is 0.833. The molecule has 0 fully saturated rings. The highest BCUT2D eigenvalue weighted by molar-refractivity contribution is 4.67. The third kappa shape index (κ3) is 7.88. The Morgan fingerprint density at radius 2 is 2.44 bits per heavy atom. The van der Waals surface area contributed by atoms with Crippen LogP contribution >= 0.6 is 0 Å². The van der Waals surface area contributed by atoms with Gasteiger partial charge >= 0.3 is 0 Å². The predicted octanol–water partition coefficient (Wildman–Crippen LogP) is -0.533. The summed E-state index contributed by atoms with van der Waals surface area (Å²) in [7, 11) is 0. The van der Waals surface area contributed by atoms with Gasteiger partial charge in [0.1, 0.15) is 0 Å². The van der Waals surface area contributed by atoms with E-state index in [4.69, 9.17) is 10.8 Å². The van der Waals surface area contributed by atoms with Crippen molar-refractivity contribution in [3.8, 4) is 0 Å². The van der Waals surface area contributed by atoms with Crippen LogP contribution in [0.4, 0.5) is 0 Å². The quantitative estimate of drug-likeness (QED) is 0.439. The van der Waals surface area contributed by atoms with E-state index in [2.05, 4.69) is 5.32 Å². The van der Waals surface area contributed by atoms with Crippen LogP contribution < -0.4 is 11.1 Å². The van der Waals surface area contributed by atoms with Gasteiger partial charge in [0.05, 0.1) is 12.6 Å². The largest absolute Gasteiger partial charge is 0.392 e. The summed E-state index contributed by atoms with van der Waals surface area (Å²) in [5.74, 6) is 0. The summed E-state index contributed by atoms with van der Waals surface area (Å²) < 4.78 is 0. The van der Waals surface area contributed by atoms with Gasteiger partial charge in [-0.25, -0.2) is 0 Å². The first-order chi connectivity index (χ1) is 4.27. The van der Waals surface area contributed by atoms with E-state index < -0.39 is 0 Å². The second kappa shape index (κ2) is 6.01. The third-order valence-electron chi connectivity index (χ3n) is 0.884. The topological polar surface area (TPSA) is 58.3 Å². The number of aliphatic hydroxyl groups is 1. The standard InChI is InChI=1S/C6H15N2O/c1-6(9)5-8-4-2-3-7/h5-6,8-9H,2-4,7H2,1H3. The summed E-state index contributed by atoms with van der Waals surface area (Å²) in [6.07, 6.45) is 0.575. The summed E-state index contributed by atoms with van der Waals surface area (Å²) in [6, 6.07) is 0. The molecule has 1 unspecified atom stereocenters. The molecule has 0 aromatic carbocycles. The third-order valence-corrected chi connectivity index (χ3v) is 0.884. The van der Waals surface area contributed by atoms with Crippen LogP contribution in [0.15, 0.2) is 0 Å². The molecule has 3 heteroatoms. The van der Waals surface area contributed by atoms with Crippen molar-refractivity contribution in [2.45, 2.75) is 19.4 Å². The zero-order valence-corrected chi connectivity index (χ0v) is 5.80. The Hall–Kier alpha value is -0.120. The maximum atomic E-state index is 8.70. The van der Waals surface area contributed by atoms with Gasteiger partial charge in [-0.3, -0.25) is 0 Å². The second-order valence-electron chi connectivity index (χ2n) is 2.00. The Bertz CT molecular complexity index is 57.0. The first-order valence-electron chi connectivity index (χ1n) is 3.22. The number of nitrogens with one attached hydrogen (secondary N) is 1. The lowest BCUT2D eigenvalue weighted by Crippen LogP contribution is -2.21. The zero-order valence-electron chi connectivity index (χ0n) is 5.80. The number of hydrogen-bond acceptors (Lipinski definition) is 3. The summed E-state index contributed by atoms with van der Waals surface area (Å²) in [4.78, 5) is 0. The van der Waals surface area contributed by atoms with E-state index in [0.29, 0.717) is 6.54 Å². The first-order valence-corrected chi connectivity index (χ1v) is 3.22. The van der Waals surface area contributed by atoms with E-state index >= 15 is 0 Å². The fourth-order valence-electron chi connectivity index (χ4n) is 0.458. The van der Waals surface area contributed by atoms with E-state index in [-0.39, 0.29) is 6.10 Å². The van der Waals surface area contributed by atoms with Crippen molar-refractivity contribution in [3.05, 3.63) is 6.54 Å². The lowest BCUT2D eigenvalue weighted by Gasteiger charge is -2.03. The Morgan fingerprint density at radius 3 is 2.89 bits per heavy atom. The van der Waals surface area contributed by atoms with Gasteiger partial charge in [0.2, 0.25) is 0 Å². The molecule has 0 aliphatic rings. The molecule has 0 saturated carbocycles. The number of rotatable bonds is 5. The maximum Gasteiger partial charge on any atom is 0.0681 e. The van der Waals surface area contributed by atoms with Gasteiger partial charge in [0, 0.05) is 0 Å². The maximum absolute atomic E-state index is 8.70. The van der Waals surface area contributed by atoms with Gasteiger partial charge in [0.25, 0.3) is 0 Å². The van der Waals surface area contributed by atoms with E-state index in [9.17, 15) is 0 Å². The van der Waals surface area contributed by atoms with Crippen LogP contribution in [0.25, 0.3) is 0 Å². The van der Waals surface area contributed by atoms with E-state index in [1.807, 2.05) is 0 Å². The Balaban J connectivity index is 2.75. The number of aliphatic hydroxyl groups excluding tert-OH is 1. The molecular weight excluding hydrogens is 116 g/mol. The molecule has 55 valence electrons. The monoisotopic (exact) mass is 131 g/mol. The molecule has 0 bridgehead atoms. The molecule has 3 nitrogen and oxygen atoms in total. The number of hydrogen-bond donors (Lipinski definition) is 3. The average molecular weight is 131 g/mol. The first kappa shape index (κ1) is 8.88. The van der Waals surface area contributed by atoms with Crippen LogP contribution in [0.3, 0.4) is 0 Å². The van der Waals surface area contributed by atoms with Crippen molar-refractivity contribution in [1.82, 2.24) is 5.32 Å². The summed E-state index contributed by atoms with van der Waals surface area (Å²) in [5, 5.41) is 11.6.